The first-order chi connectivity index (χ1) is 8.74. The van der Waals surface area contributed by atoms with Crippen molar-refractivity contribution >= 4 is 28.6 Å². The maximum atomic E-state index is 13.0. The number of aryl methyl sites for hydroxylation is 1. The quantitative estimate of drug-likeness (QED) is 0.814. The third kappa shape index (κ3) is 2.25. The number of hydrogen-bond donors (Lipinski definition) is 1. The highest BCUT2D eigenvalue weighted by Crippen LogP contribution is 2.36. The molecule has 4 heteroatoms. The van der Waals surface area contributed by atoms with Crippen molar-refractivity contribution in [1.29, 1.82) is 0 Å². The van der Waals surface area contributed by atoms with E-state index in [2.05, 4.69) is 16.8 Å². The fourth-order valence-electron chi connectivity index (χ4n) is 2.43. The number of benzene rings is 1. The van der Waals surface area contributed by atoms with E-state index in [9.17, 15) is 4.39 Å². The largest absolute Gasteiger partial charge is 0.377 e. The van der Waals surface area contributed by atoms with Crippen LogP contribution in [0.15, 0.2) is 29.6 Å². The number of halogens is 2. The molecule has 1 aromatic heterocycles. The average molecular weight is 282 g/mol. The van der Waals surface area contributed by atoms with Gasteiger partial charge in [0, 0.05) is 4.88 Å². The molecule has 0 bridgehead atoms. The zero-order valence-electron chi connectivity index (χ0n) is 9.75. The van der Waals surface area contributed by atoms with Gasteiger partial charge in [0.15, 0.2) is 0 Å². The molecule has 0 spiro atoms. The minimum absolute atomic E-state index is 0.294. The minimum atomic E-state index is -0.301. The summed E-state index contributed by atoms with van der Waals surface area (Å²) < 4.78 is 13.0. The lowest BCUT2D eigenvalue weighted by molar-refractivity contribution is 0.607. The highest BCUT2D eigenvalue weighted by molar-refractivity contribution is 7.10. The Kier molecular flexibility index (Phi) is 3.27. The van der Waals surface area contributed by atoms with Crippen LogP contribution in [0.3, 0.4) is 0 Å². The zero-order chi connectivity index (χ0) is 12.5. The topological polar surface area (TPSA) is 12.0 Å². The molecular weight excluding hydrogens is 269 g/mol. The Hall–Kier alpha value is -1.06. The molecule has 1 heterocycles. The van der Waals surface area contributed by atoms with Gasteiger partial charge in [-0.3, -0.25) is 0 Å². The van der Waals surface area contributed by atoms with Crippen LogP contribution >= 0.6 is 22.9 Å². The van der Waals surface area contributed by atoms with Gasteiger partial charge in [-0.15, -0.1) is 11.3 Å². The highest BCUT2D eigenvalue weighted by atomic mass is 35.5. The molecule has 0 radical (unpaired) electrons. The molecule has 2 aromatic rings. The summed E-state index contributed by atoms with van der Waals surface area (Å²) in [6, 6.07) is 6.96. The Balaban J connectivity index is 1.86. The van der Waals surface area contributed by atoms with Crippen LogP contribution in [0.4, 0.5) is 10.1 Å². The molecular formula is C14H13ClFNS. The van der Waals surface area contributed by atoms with E-state index < -0.39 is 0 Å². The number of fused-ring (bicyclic) bond motifs is 1. The summed E-state index contributed by atoms with van der Waals surface area (Å²) in [7, 11) is 0. The minimum Gasteiger partial charge on any atom is -0.377 e. The van der Waals surface area contributed by atoms with E-state index in [0.717, 1.165) is 12.1 Å². The maximum absolute atomic E-state index is 13.0. The molecule has 0 saturated carbocycles. The lowest BCUT2D eigenvalue weighted by Crippen LogP contribution is -2.15. The van der Waals surface area contributed by atoms with Crippen molar-refractivity contribution in [1.82, 2.24) is 0 Å². The highest BCUT2D eigenvalue weighted by Gasteiger charge is 2.21. The lowest BCUT2D eigenvalue weighted by atomic mass is 9.94. The van der Waals surface area contributed by atoms with Crippen LogP contribution in [-0.2, 0) is 6.42 Å². The Labute approximate surface area is 115 Å². The molecule has 1 N–H and O–H groups in total. The van der Waals surface area contributed by atoms with E-state index in [-0.39, 0.29) is 5.82 Å². The van der Waals surface area contributed by atoms with Crippen LogP contribution in [0.5, 0.6) is 0 Å². The van der Waals surface area contributed by atoms with Gasteiger partial charge in [-0.2, -0.15) is 0 Å². The molecule has 18 heavy (non-hydrogen) atoms. The SMILES string of the molecule is Fc1ccc(NC2CCCc3sccc32)c(Cl)c1. The van der Waals surface area contributed by atoms with Crippen LogP contribution in [0, 0.1) is 5.82 Å². The number of thiophene rings is 1. The zero-order valence-corrected chi connectivity index (χ0v) is 11.3. The third-order valence-electron chi connectivity index (χ3n) is 3.31. The van der Waals surface area contributed by atoms with Crippen molar-refractivity contribution in [2.45, 2.75) is 25.3 Å². The van der Waals surface area contributed by atoms with Gasteiger partial charge in [0.05, 0.1) is 16.8 Å². The Morgan fingerprint density at radius 1 is 1.33 bits per heavy atom. The number of rotatable bonds is 2. The first-order valence-electron chi connectivity index (χ1n) is 6.02. The molecule has 1 aliphatic carbocycles. The van der Waals surface area contributed by atoms with Crippen molar-refractivity contribution in [3.63, 3.8) is 0 Å². The average Bonchev–Trinajstić information content (AvgIpc) is 2.82. The Bertz CT molecular complexity index is 567. The molecule has 1 aliphatic rings. The number of anilines is 1. The monoisotopic (exact) mass is 281 g/mol. The van der Waals surface area contributed by atoms with E-state index in [4.69, 9.17) is 11.6 Å². The summed E-state index contributed by atoms with van der Waals surface area (Å²) >= 11 is 7.86. The van der Waals surface area contributed by atoms with Gasteiger partial charge in [0.2, 0.25) is 0 Å². The van der Waals surface area contributed by atoms with Crippen molar-refractivity contribution in [3.05, 3.63) is 50.9 Å². The molecule has 0 saturated heterocycles. The van der Waals surface area contributed by atoms with Gasteiger partial charge in [-0.05, 0) is 54.5 Å². The fourth-order valence-corrected chi connectivity index (χ4v) is 3.64. The molecule has 94 valence electrons. The van der Waals surface area contributed by atoms with Crippen molar-refractivity contribution in [2.24, 2.45) is 0 Å². The second-order valence-electron chi connectivity index (χ2n) is 4.51. The Morgan fingerprint density at radius 3 is 3.06 bits per heavy atom. The molecule has 0 amide bonds. The summed E-state index contributed by atoms with van der Waals surface area (Å²) in [5.41, 5.74) is 2.17. The fraction of sp³-hybridized carbons (Fsp3) is 0.286. The van der Waals surface area contributed by atoms with Crippen molar-refractivity contribution < 1.29 is 4.39 Å². The smallest absolute Gasteiger partial charge is 0.124 e. The third-order valence-corrected chi connectivity index (χ3v) is 4.62. The van der Waals surface area contributed by atoms with E-state index in [0.29, 0.717) is 11.1 Å². The normalized spacial score (nSPS) is 18.4. The predicted molar refractivity (Wildman–Crippen MR) is 75.0 cm³/mol. The second-order valence-corrected chi connectivity index (χ2v) is 5.92. The molecule has 0 aliphatic heterocycles. The van der Waals surface area contributed by atoms with E-state index >= 15 is 0 Å². The van der Waals surface area contributed by atoms with E-state index in [1.54, 1.807) is 6.07 Å². The van der Waals surface area contributed by atoms with E-state index in [1.807, 2.05) is 11.3 Å². The van der Waals surface area contributed by atoms with Gasteiger partial charge in [-0.1, -0.05) is 11.6 Å². The van der Waals surface area contributed by atoms with E-state index in [1.165, 1.54) is 35.4 Å². The van der Waals surface area contributed by atoms with Crippen molar-refractivity contribution in [2.75, 3.05) is 5.32 Å². The van der Waals surface area contributed by atoms with Crippen LogP contribution < -0.4 is 5.32 Å². The summed E-state index contributed by atoms with van der Waals surface area (Å²) in [5.74, 6) is -0.301. The van der Waals surface area contributed by atoms with Crippen LogP contribution in [0.1, 0.15) is 29.3 Å². The summed E-state index contributed by atoms with van der Waals surface area (Å²) in [6.45, 7) is 0. The molecule has 1 atom stereocenters. The molecule has 1 unspecified atom stereocenters. The lowest BCUT2D eigenvalue weighted by Gasteiger charge is -2.25. The summed E-state index contributed by atoms with van der Waals surface area (Å²) in [6.07, 6.45) is 3.45. The Morgan fingerprint density at radius 2 is 2.22 bits per heavy atom. The van der Waals surface area contributed by atoms with Gasteiger partial charge < -0.3 is 5.32 Å². The van der Waals surface area contributed by atoms with Gasteiger partial charge in [0.25, 0.3) is 0 Å². The second kappa shape index (κ2) is 4.90. The molecule has 1 nitrogen and oxygen atoms in total. The van der Waals surface area contributed by atoms with Crippen LogP contribution in [0.2, 0.25) is 5.02 Å². The van der Waals surface area contributed by atoms with Gasteiger partial charge in [0.1, 0.15) is 5.82 Å². The first-order valence-corrected chi connectivity index (χ1v) is 7.27. The van der Waals surface area contributed by atoms with Crippen LogP contribution in [-0.4, -0.2) is 0 Å². The molecule has 3 rings (SSSR count). The number of nitrogens with one attached hydrogen (secondary N) is 1. The van der Waals surface area contributed by atoms with Crippen molar-refractivity contribution in [3.8, 4) is 0 Å². The van der Waals surface area contributed by atoms with Gasteiger partial charge >= 0.3 is 0 Å². The molecule has 0 fully saturated rings. The number of hydrogen-bond acceptors (Lipinski definition) is 2. The first kappa shape index (κ1) is 12.0. The maximum Gasteiger partial charge on any atom is 0.124 e. The summed E-state index contributed by atoms with van der Waals surface area (Å²) in [5, 5.41) is 6.00. The van der Waals surface area contributed by atoms with Crippen LogP contribution in [0.25, 0.3) is 0 Å². The predicted octanol–water partition coefficient (Wildman–Crippen LogP) is 5.03. The van der Waals surface area contributed by atoms with Gasteiger partial charge in [-0.25, -0.2) is 4.39 Å². The summed E-state index contributed by atoms with van der Waals surface area (Å²) in [4.78, 5) is 1.46. The standard InChI is InChI=1S/C14H13ClFNS/c15-11-8-9(16)4-5-13(11)17-12-2-1-3-14-10(12)6-7-18-14/h4-8,12,17H,1-3H2. The molecule has 1 aromatic carbocycles.